The van der Waals surface area contributed by atoms with Crippen LogP contribution in [0.5, 0.6) is 0 Å². The highest BCUT2D eigenvalue weighted by Crippen LogP contribution is 2.26. The molecule has 0 bridgehead atoms. The van der Waals surface area contributed by atoms with Crippen molar-refractivity contribution in [3.05, 3.63) is 28.2 Å². The number of nitrogens with two attached hydrogens (primary N) is 1. The molecule has 1 aromatic carbocycles. The summed E-state index contributed by atoms with van der Waals surface area (Å²) in [5, 5.41) is 1.02. The first-order valence-electron chi connectivity index (χ1n) is 4.62. The zero-order valence-electron chi connectivity index (χ0n) is 8.37. The molecule has 5 heteroatoms. The quantitative estimate of drug-likeness (QED) is 0.910. The van der Waals surface area contributed by atoms with Crippen molar-refractivity contribution in [2.45, 2.75) is 23.5 Å². The number of rotatable bonds is 4. The van der Waals surface area contributed by atoms with Gasteiger partial charge in [0, 0.05) is 10.3 Å². The lowest BCUT2D eigenvalue weighted by Gasteiger charge is -2.11. The largest absolute Gasteiger partial charge is 0.330 e. The second kappa shape index (κ2) is 5.85. The van der Waals surface area contributed by atoms with Gasteiger partial charge < -0.3 is 5.73 Å². The van der Waals surface area contributed by atoms with Crippen molar-refractivity contribution in [2.24, 2.45) is 5.73 Å². The van der Waals surface area contributed by atoms with E-state index in [1.54, 1.807) is 18.2 Å². The summed E-state index contributed by atoms with van der Waals surface area (Å²) in [7, 11) is -1.15. The van der Waals surface area contributed by atoms with Gasteiger partial charge in [0.25, 0.3) is 0 Å². The zero-order chi connectivity index (χ0) is 11.4. The minimum atomic E-state index is -1.15. The van der Waals surface area contributed by atoms with E-state index in [-0.39, 0.29) is 5.25 Å². The van der Waals surface area contributed by atoms with Crippen LogP contribution in [0.25, 0.3) is 0 Å². The first kappa shape index (κ1) is 13.0. The first-order valence-corrected chi connectivity index (χ1v) is 6.59. The van der Waals surface area contributed by atoms with Gasteiger partial charge in [-0.2, -0.15) is 0 Å². The highest BCUT2D eigenvalue weighted by atomic mass is 35.5. The average Bonchev–Trinajstić information content (AvgIpc) is 2.21. The van der Waals surface area contributed by atoms with E-state index in [4.69, 9.17) is 28.9 Å². The van der Waals surface area contributed by atoms with Gasteiger partial charge in [-0.3, -0.25) is 4.21 Å². The van der Waals surface area contributed by atoms with Crippen LogP contribution in [0.3, 0.4) is 0 Å². The number of halogens is 2. The van der Waals surface area contributed by atoms with Gasteiger partial charge >= 0.3 is 0 Å². The Bertz CT molecular complexity index is 370. The molecule has 0 aromatic heterocycles. The fourth-order valence-electron chi connectivity index (χ4n) is 1.19. The molecule has 15 heavy (non-hydrogen) atoms. The van der Waals surface area contributed by atoms with Crippen LogP contribution in [-0.2, 0) is 10.8 Å². The molecule has 0 heterocycles. The lowest BCUT2D eigenvalue weighted by Crippen LogP contribution is -2.16. The SMILES string of the molecule is CC(CCN)S(=O)c1cc(Cl)ccc1Cl. The number of hydrogen-bond acceptors (Lipinski definition) is 2. The molecule has 0 aliphatic rings. The summed E-state index contributed by atoms with van der Waals surface area (Å²) in [6.45, 7) is 2.41. The molecular weight excluding hydrogens is 253 g/mol. The van der Waals surface area contributed by atoms with Gasteiger partial charge in [0.2, 0.25) is 0 Å². The molecule has 0 amide bonds. The predicted molar refractivity (Wildman–Crippen MR) is 66.0 cm³/mol. The molecule has 2 N–H and O–H groups in total. The van der Waals surface area contributed by atoms with Gasteiger partial charge in [0.05, 0.1) is 20.7 Å². The van der Waals surface area contributed by atoms with Gasteiger partial charge in [-0.05, 0) is 31.2 Å². The predicted octanol–water partition coefficient (Wildman–Crippen LogP) is 2.84. The second-order valence-corrected chi connectivity index (χ2v) is 5.94. The van der Waals surface area contributed by atoms with E-state index in [1.807, 2.05) is 6.92 Å². The molecule has 1 rings (SSSR count). The Morgan fingerprint density at radius 1 is 1.47 bits per heavy atom. The third-order valence-corrected chi connectivity index (χ3v) is 4.46. The van der Waals surface area contributed by atoms with Crippen molar-refractivity contribution < 1.29 is 4.21 Å². The van der Waals surface area contributed by atoms with E-state index < -0.39 is 10.8 Å². The van der Waals surface area contributed by atoms with Gasteiger partial charge in [-0.25, -0.2) is 0 Å². The van der Waals surface area contributed by atoms with Gasteiger partial charge in [0.15, 0.2) is 0 Å². The van der Waals surface area contributed by atoms with E-state index in [0.29, 0.717) is 27.9 Å². The Kier molecular flexibility index (Phi) is 5.06. The van der Waals surface area contributed by atoms with E-state index in [0.717, 1.165) is 0 Å². The molecule has 84 valence electrons. The summed E-state index contributed by atoms with van der Waals surface area (Å²) in [4.78, 5) is 0.588. The summed E-state index contributed by atoms with van der Waals surface area (Å²) < 4.78 is 12.0. The molecule has 0 spiro atoms. The topological polar surface area (TPSA) is 43.1 Å². The Morgan fingerprint density at radius 2 is 2.13 bits per heavy atom. The van der Waals surface area contributed by atoms with E-state index in [1.165, 1.54) is 0 Å². The molecule has 0 aliphatic heterocycles. The van der Waals surface area contributed by atoms with E-state index >= 15 is 0 Å². The first-order chi connectivity index (χ1) is 7.06. The van der Waals surface area contributed by atoms with Crippen LogP contribution < -0.4 is 5.73 Å². The van der Waals surface area contributed by atoms with Crippen LogP contribution in [0, 0.1) is 0 Å². The second-order valence-electron chi connectivity index (χ2n) is 3.26. The van der Waals surface area contributed by atoms with Crippen molar-refractivity contribution in [1.29, 1.82) is 0 Å². The molecule has 0 radical (unpaired) electrons. The summed E-state index contributed by atoms with van der Waals surface area (Å²) >= 11 is 11.8. The summed E-state index contributed by atoms with van der Waals surface area (Å²) in [6, 6.07) is 4.98. The lowest BCUT2D eigenvalue weighted by molar-refractivity contribution is 0.666. The van der Waals surface area contributed by atoms with E-state index in [2.05, 4.69) is 0 Å². The fourth-order valence-corrected chi connectivity index (χ4v) is 3.06. The molecule has 0 saturated carbocycles. The Labute approximate surface area is 102 Å². The van der Waals surface area contributed by atoms with Crippen molar-refractivity contribution >= 4 is 34.0 Å². The van der Waals surface area contributed by atoms with E-state index in [9.17, 15) is 4.21 Å². The summed E-state index contributed by atoms with van der Waals surface area (Å²) in [5.74, 6) is 0. The van der Waals surface area contributed by atoms with Crippen molar-refractivity contribution in [1.82, 2.24) is 0 Å². The maximum atomic E-state index is 12.0. The maximum Gasteiger partial charge on any atom is 0.0591 e. The minimum absolute atomic E-state index is 0.00836. The average molecular weight is 266 g/mol. The monoisotopic (exact) mass is 265 g/mol. The molecule has 1 aromatic rings. The van der Waals surface area contributed by atoms with Crippen LogP contribution in [0.15, 0.2) is 23.1 Å². The van der Waals surface area contributed by atoms with Gasteiger partial charge in [0.1, 0.15) is 0 Å². The van der Waals surface area contributed by atoms with Crippen molar-refractivity contribution in [3.63, 3.8) is 0 Å². The molecule has 0 fully saturated rings. The Morgan fingerprint density at radius 3 is 2.73 bits per heavy atom. The third-order valence-electron chi connectivity index (χ3n) is 2.05. The zero-order valence-corrected chi connectivity index (χ0v) is 10.7. The minimum Gasteiger partial charge on any atom is -0.330 e. The molecule has 0 aliphatic carbocycles. The number of benzene rings is 1. The number of hydrogen-bond donors (Lipinski definition) is 1. The van der Waals surface area contributed by atoms with Crippen LogP contribution in [-0.4, -0.2) is 16.0 Å². The highest BCUT2D eigenvalue weighted by Gasteiger charge is 2.15. The normalized spacial score (nSPS) is 14.9. The highest BCUT2D eigenvalue weighted by molar-refractivity contribution is 7.85. The smallest absolute Gasteiger partial charge is 0.0591 e. The molecule has 2 unspecified atom stereocenters. The molecule has 2 atom stereocenters. The van der Waals surface area contributed by atoms with Crippen molar-refractivity contribution in [3.8, 4) is 0 Å². The standard InChI is InChI=1S/C10H13Cl2NOS/c1-7(4-5-13)15(14)10-6-8(11)2-3-9(10)12/h2-3,6-7H,4-5,13H2,1H3. The van der Waals surface area contributed by atoms with Crippen molar-refractivity contribution in [2.75, 3.05) is 6.54 Å². The Hall–Kier alpha value is -0.0900. The lowest BCUT2D eigenvalue weighted by atomic mass is 10.3. The summed E-state index contributed by atoms with van der Waals surface area (Å²) in [6.07, 6.45) is 0.704. The van der Waals surface area contributed by atoms with Crippen LogP contribution in [0.2, 0.25) is 10.0 Å². The van der Waals surface area contributed by atoms with Gasteiger partial charge in [-0.15, -0.1) is 0 Å². The Balaban J connectivity index is 2.95. The van der Waals surface area contributed by atoms with Crippen LogP contribution in [0.4, 0.5) is 0 Å². The molecule has 2 nitrogen and oxygen atoms in total. The summed E-state index contributed by atoms with van der Waals surface area (Å²) in [5.41, 5.74) is 5.42. The van der Waals surface area contributed by atoms with Crippen LogP contribution in [0.1, 0.15) is 13.3 Å². The van der Waals surface area contributed by atoms with Gasteiger partial charge in [-0.1, -0.05) is 30.1 Å². The maximum absolute atomic E-state index is 12.0. The molecular formula is C10H13Cl2NOS. The van der Waals surface area contributed by atoms with Crippen LogP contribution >= 0.6 is 23.2 Å². The molecule has 0 saturated heterocycles. The fraction of sp³-hybridized carbons (Fsp3) is 0.400. The third kappa shape index (κ3) is 3.45.